The van der Waals surface area contributed by atoms with Gasteiger partial charge in [-0.2, -0.15) is 0 Å². The zero-order chi connectivity index (χ0) is 7.68. The normalized spacial score (nSPS) is 39.0. The Kier molecular flexibility index (Phi) is 2.14. The molecule has 2 nitrogen and oxygen atoms in total. The summed E-state index contributed by atoms with van der Waals surface area (Å²) in [4.78, 5) is 0. The van der Waals surface area contributed by atoms with Gasteiger partial charge in [-0.3, -0.25) is 0 Å². The van der Waals surface area contributed by atoms with E-state index in [1.54, 1.807) is 0 Å². The van der Waals surface area contributed by atoms with Crippen LogP contribution in [-0.2, 0) is 0 Å². The Balaban J connectivity index is 1.66. The van der Waals surface area contributed by atoms with E-state index in [2.05, 4.69) is 5.32 Å². The van der Waals surface area contributed by atoms with Crippen LogP contribution in [0.3, 0.4) is 0 Å². The molecule has 2 aliphatic carbocycles. The molecule has 2 fully saturated rings. The van der Waals surface area contributed by atoms with Crippen LogP contribution in [0.1, 0.15) is 38.5 Å². The first kappa shape index (κ1) is 7.56. The molecule has 0 aromatic carbocycles. The summed E-state index contributed by atoms with van der Waals surface area (Å²) in [5.74, 6) is 0. The van der Waals surface area contributed by atoms with E-state index >= 15 is 0 Å². The standard InChI is InChI=1S/C9H17NO/c11-9-5-8(6-9)10-7-3-1-2-4-7/h7-11H,1-6H2. The Morgan fingerprint density at radius 1 is 1.00 bits per heavy atom. The first-order valence-electron chi connectivity index (χ1n) is 4.79. The second-order valence-electron chi connectivity index (χ2n) is 3.97. The van der Waals surface area contributed by atoms with E-state index in [-0.39, 0.29) is 6.10 Å². The fourth-order valence-corrected chi connectivity index (χ4v) is 2.15. The van der Waals surface area contributed by atoms with E-state index < -0.39 is 0 Å². The van der Waals surface area contributed by atoms with Crippen LogP contribution in [0.5, 0.6) is 0 Å². The monoisotopic (exact) mass is 155 g/mol. The summed E-state index contributed by atoms with van der Waals surface area (Å²) in [5.41, 5.74) is 0. The van der Waals surface area contributed by atoms with Crippen molar-refractivity contribution in [3.8, 4) is 0 Å². The molecule has 0 radical (unpaired) electrons. The van der Waals surface area contributed by atoms with E-state index in [4.69, 9.17) is 5.11 Å². The van der Waals surface area contributed by atoms with Gasteiger partial charge in [-0.05, 0) is 25.7 Å². The molecule has 64 valence electrons. The predicted octanol–water partition coefficient (Wildman–Crippen LogP) is 1.04. The number of hydrogen-bond acceptors (Lipinski definition) is 2. The van der Waals surface area contributed by atoms with Crippen LogP contribution in [0, 0.1) is 0 Å². The maximum absolute atomic E-state index is 9.05. The number of rotatable bonds is 2. The molecule has 2 heteroatoms. The van der Waals surface area contributed by atoms with Crippen molar-refractivity contribution in [3.63, 3.8) is 0 Å². The van der Waals surface area contributed by atoms with Crippen molar-refractivity contribution < 1.29 is 5.11 Å². The summed E-state index contributed by atoms with van der Waals surface area (Å²) >= 11 is 0. The molecule has 0 unspecified atom stereocenters. The van der Waals surface area contributed by atoms with E-state index in [1.165, 1.54) is 25.7 Å². The lowest BCUT2D eigenvalue weighted by Gasteiger charge is -2.34. The van der Waals surface area contributed by atoms with Gasteiger partial charge in [0.05, 0.1) is 6.10 Å². The van der Waals surface area contributed by atoms with Crippen LogP contribution in [0.15, 0.2) is 0 Å². The first-order chi connectivity index (χ1) is 5.34. The van der Waals surface area contributed by atoms with Gasteiger partial charge >= 0.3 is 0 Å². The van der Waals surface area contributed by atoms with Crippen molar-refractivity contribution >= 4 is 0 Å². The average Bonchev–Trinajstić information content (AvgIpc) is 2.36. The Hall–Kier alpha value is -0.0800. The third-order valence-corrected chi connectivity index (χ3v) is 2.94. The third-order valence-electron chi connectivity index (χ3n) is 2.94. The molecule has 0 aromatic rings. The average molecular weight is 155 g/mol. The molecule has 0 spiro atoms. The second kappa shape index (κ2) is 3.11. The molecule has 0 amide bonds. The Labute approximate surface area is 68.0 Å². The fraction of sp³-hybridized carbons (Fsp3) is 1.00. The largest absolute Gasteiger partial charge is 0.393 e. The second-order valence-corrected chi connectivity index (χ2v) is 3.97. The van der Waals surface area contributed by atoms with Crippen LogP contribution in [0.25, 0.3) is 0 Å². The fourth-order valence-electron chi connectivity index (χ4n) is 2.15. The van der Waals surface area contributed by atoms with Crippen molar-refractivity contribution in [2.45, 2.75) is 56.7 Å². The third kappa shape index (κ3) is 1.74. The minimum absolute atomic E-state index is 0.00565. The number of aliphatic hydroxyl groups is 1. The summed E-state index contributed by atoms with van der Waals surface area (Å²) in [6, 6.07) is 1.40. The van der Waals surface area contributed by atoms with Gasteiger partial charge in [-0.1, -0.05) is 12.8 Å². The van der Waals surface area contributed by atoms with Crippen molar-refractivity contribution in [1.29, 1.82) is 0 Å². The summed E-state index contributed by atoms with van der Waals surface area (Å²) < 4.78 is 0. The van der Waals surface area contributed by atoms with Crippen LogP contribution in [0.4, 0.5) is 0 Å². The van der Waals surface area contributed by atoms with Gasteiger partial charge in [0, 0.05) is 12.1 Å². The molecule has 0 heterocycles. The highest BCUT2D eigenvalue weighted by Gasteiger charge is 2.29. The van der Waals surface area contributed by atoms with Crippen LogP contribution < -0.4 is 5.32 Å². The van der Waals surface area contributed by atoms with Crippen LogP contribution in [0.2, 0.25) is 0 Å². The van der Waals surface area contributed by atoms with Crippen molar-refractivity contribution in [1.82, 2.24) is 5.32 Å². The van der Waals surface area contributed by atoms with E-state index in [0.717, 1.165) is 18.9 Å². The number of nitrogens with one attached hydrogen (secondary N) is 1. The zero-order valence-electron chi connectivity index (χ0n) is 6.92. The van der Waals surface area contributed by atoms with Gasteiger partial charge in [-0.25, -0.2) is 0 Å². The SMILES string of the molecule is OC1CC(NC2CCCC2)C1. The molecule has 0 aliphatic heterocycles. The molecule has 2 N–H and O–H groups in total. The van der Waals surface area contributed by atoms with Gasteiger partial charge in [0.25, 0.3) is 0 Å². The highest BCUT2D eigenvalue weighted by atomic mass is 16.3. The predicted molar refractivity (Wildman–Crippen MR) is 44.4 cm³/mol. The van der Waals surface area contributed by atoms with E-state index in [0.29, 0.717) is 6.04 Å². The lowest BCUT2D eigenvalue weighted by molar-refractivity contribution is 0.0580. The molecular weight excluding hydrogens is 138 g/mol. The topological polar surface area (TPSA) is 32.3 Å². The Morgan fingerprint density at radius 3 is 2.18 bits per heavy atom. The molecular formula is C9H17NO. The number of hydrogen-bond donors (Lipinski definition) is 2. The maximum Gasteiger partial charge on any atom is 0.0570 e. The Morgan fingerprint density at radius 2 is 1.64 bits per heavy atom. The minimum Gasteiger partial charge on any atom is -0.393 e. The van der Waals surface area contributed by atoms with E-state index in [1.807, 2.05) is 0 Å². The van der Waals surface area contributed by atoms with Gasteiger partial charge < -0.3 is 10.4 Å². The summed E-state index contributed by atoms with van der Waals surface area (Å²) in [6.45, 7) is 0. The highest BCUT2D eigenvalue weighted by molar-refractivity contribution is 4.88. The van der Waals surface area contributed by atoms with Crippen molar-refractivity contribution in [3.05, 3.63) is 0 Å². The van der Waals surface area contributed by atoms with Gasteiger partial charge in [0.2, 0.25) is 0 Å². The maximum atomic E-state index is 9.05. The summed E-state index contributed by atoms with van der Waals surface area (Å²) in [5, 5.41) is 12.6. The van der Waals surface area contributed by atoms with Crippen LogP contribution in [-0.4, -0.2) is 23.3 Å². The molecule has 11 heavy (non-hydrogen) atoms. The lowest BCUT2D eigenvalue weighted by atomic mass is 9.89. The molecule has 2 saturated carbocycles. The zero-order valence-corrected chi connectivity index (χ0v) is 6.92. The molecule has 0 aromatic heterocycles. The quantitative estimate of drug-likeness (QED) is 0.624. The van der Waals surface area contributed by atoms with Crippen LogP contribution >= 0.6 is 0 Å². The van der Waals surface area contributed by atoms with Gasteiger partial charge in [0.1, 0.15) is 0 Å². The van der Waals surface area contributed by atoms with Crippen molar-refractivity contribution in [2.75, 3.05) is 0 Å². The minimum atomic E-state index is -0.00565. The molecule has 2 rings (SSSR count). The van der Waals surface area contributed by atoms with Gasteiger partial charge in [-0.15, -0.1) is 0 Å². The highest BCUT2D eigenvalue weighted by Crippen LogP contribution is 2.24. The van der Waals surface area contributed by atoms with E-state index in [9.17, 15) is 0 Å². The summed E-state index contributed by atoms with van der Waals surface area (Å²) in [7, 11) is 0. The van der Waals surface area contributed by atoms with Crippen molar-refractivity contribution in [2.24, 2.45) is 0 Å². The Bertz CT molecular complexity index is 126. The molecule has 0 atom stereocenters. The lowest BCUT2D eigenvalue weighted by Crippen LogP contribution is -2.47. The first-order valence-corrected chi connectivity index (χ1v) is 4.79. The summed E-state index contributed by atoms with van der Waals surface area (Å²) in [6.07, 6.45) is 7.46. The molecule has 0 bridgehead atoms. The number of aliphatic hydroxyl groups excluding tert-OH is 1. The molecule has 0 saturated heterocycles. The van der Waals surface area contributed by atoms with Gasteiger partial charge in [0.15, 0.2) is 0 Å². The smallest absolute Gasteiger partial charge is 0.0570 e. The molecule has 2 aliphatic rings.